The minimum atomic E-state index is -3.17. The highest BCUT2D eigenvalue weighted by molar-refractivity contribution is 7.86. The van der Waals surface area contributed by atoms with E-state index in [0.29, 0.717) is 25.7 Å². The van der Waals surface area contributed by atoms with Gasteiger partial charge in [-0.25, -0.2) is 0 Å². The molecule has 94 valence electrons. The Morgan fingerprint density at radius 2 is 1.69 bits per heavy atom. The summed E-state index contributed by atoms with van der Waals surface area (Å²) in [6, 6.07) is 0.290. The Bertz CT molecular complexity index is 317. The van der Waals surface area contributed by atoms with Crippen molar-refractivity contribution in [2.45, 2.75) is 51.5 Å². The molecule has 0 N–H and O–H groups in total. The minimum absolute atomic E-state index is 0.290. The van der Waals surface area contributed by atoms with Gasteiger partial charge >= 0.3 is 0 Å². The van der Waals surface area contributed by atoms with Crippen LogP contribution in [0.15, 0.2) is 0 Å². The summed E-state index contributed by atoms with van der Waals surface area (Å²) >= 11 is 0. The third-order valence-corrected chi connectivity index (χ3v) is 5.62. The number of nitrogens with zero attached hydrogens (tertiary/aromatic N) is 2. The van der Waals surface area contributed by atoms with Crippen molar-refractivity contribution in [3.8, 4) is 0 Å². The zero-order valence-corrected chi connectivity index (χ0v) is 10.9. The predicted molar refractivity (Wildman–Crippen MR) is 64.4 cm³/mol. The number of hydrogen-bond donors (Lipinski definition) is 0. The molecule has 4 nitrogen and oxygen atoms in total. The Kier molecular flexibility index (Phi) is 3.87. The van der Waals surface area contributed by atoms with Crippen LogP contribution in [0.1, 0.15) is 45.4 Å². The smallest absolute Gasteiger partial charge is 0.195 e. The van der Waals surface area contributed by atoms with Gasteiger partial charge in [0.25, 0.3) is 10.2 Å². The first-order chi connectivity index (χ1) is 7.66. The van der Waals surface area contributed by atoms with Crippen molar-refractivity contribution in [3.63, 3.8) is 0 Å². The summed E-state index contributed by atoms with van der Waals surface area (Å²) in [6.07, 6.45) is 6.45. The van der Waals surface area contributed by atoms with Gasteiger partial charge in [0.15, 0.2) is 0 Å². The van der Waals surface area contributed by atoms with Crippen LogP contribution in [0.25, 0.3) is 0 Å². The molecule has 0 atom stereocenters. The molecule has 2 fully saturated rings. The lowest BCUT2D eigenvalue weighted by molar-refractivity contribution is 0.342. The van der Waals surface area contributed by atoms with Crippen molar-refractivity contribution in [2.24, 2.45) is 0 Å². The average Bonchev–Trinajstić information content (AvgIpc) is 3.04. The third-order valence-electron chi connectivity index (χ3n) is 3.45. The topological polar surface area (TPSA) is 40.6 Å². The second-order valence-electron chi connectivity index (χ2n) is 4.76. The maximum absolute atomic E-state index is 12.4. The molecule has 0 aromatic rings. The summed E-state index contributed by atoms with van der Waals surface area (Å²) in [5.41, 5.74) is 0. The van der Waals surface area contributed by atoms with Crippen LogP contribution in [-0.2, 0) is 10.2 Å². The van der Waals surface area contributed by atoms with Gasteiger partial charge < -0.3 is 0 Å². The van der Waals surface area contributed by atoms with Gasteiger partial charge in [0.05, 0.1) is 0 Å². The summed E-state index contributed by atoms with van der Waals surface area (Å²) in [4.78, 5) is 0. The zero-order chi connectivity index (χ0) is 11.6. The van der Waals surface area contributed by atoms with Gasteiger partial charge in [-0.2, -0.15) is 17.0 Å². The molecule has 0 unspecified atom stereocenters. The summed E-state index contributed by atoms with van der Waals surface area (Å²) in [7, 11) is -3.17. The van der Waals surface area contributed by atoms with Gasteiger partial charge in [-0.3, -0.25) is 0 Å². The van der Waals surface area contributed by atoms with E-state index in [2.05, 4.69) is 0 Å². The van der Waals surface area contributed by atoms with E-state index >= 15 is 0 Å². The molecule has 2 aliphatic rings. The second-order valence-corrected chi connectivity index (χ2v) is 6.64. The van der Waals surface area contributed by atoms with Crippen LogP contribution in [-0.4, -0.2) is 42.7 Å². The van der Waals surface area contributed by atoms with E-state index < -0.39 is 10.2 Å². The van der Waals surface area contributed by atoms with Crippen LogP contribution in [0.2, 0.25) is 0 Å². The largest absolute Gasteiger partial charge is 0.282 e. The van der Waals surface area contributed by atoms with E-state index in [4.69, 9.17) is 0 Å². The molecule has 0 spiro atoms. The van der Waals surface area contributed by atoms with Gasteiger partial charge in [-0.05, 0) is 25.7 Å². The van der Waals surface area contributed by atoms with E-state index in [-0.39, 0.29) is 0 Å². The van der Waals surface area contributed by atoms with E-state index in [9.17, 15) is 8.42 Å². The molecule has 0 amide bonds. The molecule has 0 radical (unpaired) electrons. The molecule has 0 aromatic heterocycles. The highest BCUT2D eigenvalue weighted by atomic mass is 32.2. The van der Waals surface area contributed by atoms with Crippen molar-refractivity contribution in [3.05, 3.63) is 0 Å². The summed E-state index contributed by atoms with van der Waals surface area (Å²) in [5.74, 6) is 0. The lowest BCUT2D eigenvalue weighted by Crippen LogP contribution is -2.45. The van der Waals surface area contributed by atoms with Gasteiger partial charge in [0.2, 0.25) is 0 Å². The van der Waals surface area contributed by atoms with Crippen molar-refractivity contribution < 1.29 is 8.42 Å². The normalized spacial score (nSPS) is 24.6. The molecular formula is C11H22N2O2S. The Balaban J connectivity index is 2.08. The van der Waals surface area contributed by atoms with Crippen LogP contribution in [0.5, 0.6) is 0 Å². The lowest BCUT2D eigenvalue weighted by atomic mass is 10.2. The Labute approximate surface area is 98.8 Å². The van der Waals surface area contributed by atoms with Gasteiger partial charge in [-0.1, -0.05) is 19.8 Å². The maximum atomic E-state index is 12.4. The third kappa shape index (κ3) is 2.57. The molecule has 2 rings (SSSR count). The molecule has 16 heavy (non-hydrogen) atoms. The zero-order valence-electron chi connectivity index (χ0n) is 10.1. The summed E-state index contributed by atoms with van der Waals surface area (Å²) < 4.78 is 28.2. The van der Waals surface area contributed by atoms with Gasteiger partial charge in [0, 0.05) is 25.7 Å². The fraction of sp³-hybridized carbons (Fsp3) is 1.00. The fourth-order valence-corrected chi connectivity index (χ4v) is 4.32. The molecule has 1 aliphatic heterocycles. The molecule has 0 aromatic carbocycles. The minimum Gasteiger partial charge on any atom is -0.195 e. The molecule has 1 saturated carbocycles. The first-order valence-corrected chi connectivity index (χ1v) is 7.83. The van der Waals surface area contributed by atoms with E-state index in [0.717, 1.165) is 25.7 Å². The number of rotatable bonds is 4. The molecule has 1 aliphatic carbocycles. The molecule has 0 bridgehead atoms. The second kappa shape index (κ2) is 5.02. The monoisotopic (exact) mass is 246 g/mol. The summed E-state index contributed by atoms with van der Waals surface area (Å²) in [6.45, 7) is 3.98. The van der Waals surface area contributed by atoms with Gasteiger partial charge in [0.1, 0.15) is 0 Å². The fourth-order valence-electron chi connectivity index (χ4n) is 2.39. The summed E-state index contributed by atoms with van der Waals surface area (Å²) in [5, 5.41) is 0. The number of hydrogen-bond acceptors (Lipinski definition) is 2. The van der Waals surface area contributed by atoms with E-state index in [1.54, 1.807) is 8.61 Å². The van der Waals surface area contributed by atoms with Crippen LogP contribution in [0, 0.1) is 0 Å². The quantitative estimate of drug-likeness (QED) is 0.756. The first kappa shape index (κ1) is 12.3. The SMILES string of the molecule is CCN(C1CC1)S(=O)(=O)N1CCCCCC1. The average molecular weight is 246 g/mol. The van der Waals surface area contributed by atoms with E-state index in [1.165, 1.54) is 12.8 Å². The highest BCUT2D eigenvalue weighted by Crippen LogP contribution is 2.30. The lowest BCUT2D eigenvalue weighted by Gasteiger charge is -2.28. The predicted octanol–water partition coefficient (Wildman–Crippen LogP) is 1.59. The van der Waals surface area contributed by atoms with Crippen LogP contribution >= 0.6 is 0 Å². The van der Waals surface area contributed by atoms with Gasteiger partial charge in [-0.15, -0.1) is 0 Å². The Morgan fingerprint density at radius 1 is 1.12 bits per heavy atom. The molecule has 1 saturated heterocycles. The molecule has 5 heteroatoms. The van der Waals surface area contributed by atoms with E-state index in [1.807, 2.05) is 6.92 Å². The van der Waals surface area contributed by atoms with Crippen LogP contribution in [0.3, 0.4) is 0 Å². The maximum Gasteiger partial charge on any atom is 0.282 e. The van der Waals surface area contributed by atoms with Crippen molar-refractivity contribution in [1.82, 2.24) is 8.61 Å². The van der Waals surface area contributed by atoms with Crippen molar-refractivity contribution in [1.29, 1.82) is 0 Å². The Morgan fingerprint density at radius 3 is 2.12 bits per heavy atom. The van der Waals surface area contributed by atoms with Crippen LogP contribution in [0.4, 0.5) is 0 Å². The molecule has 1 heterocycles. The van der Waals surface area contributed by atoms with Crippen molar-refractivity contribution in [2.75, 3.05) is 19.6 Å². The molecular weight excluding hydrogens is 224 g/mol. The highest BCUT2D eigenvalue weighted by Gasteiger charge is 2.39. The first-order valence-electron chi connectivity index (χ1n) is 6.43. The van der Waals surface area contributed by atoms with Crippen LogP contribution < -0.4 is 0 Å². The van der Waals surface area contributed by atoms with Crippen molar-refractivity contribution >= 4 is 10.2 Å². The Hall–Kier alpha value is -0.130. The standard InChI is InChI=1S/C11H22N2O2S/c1-2-13(11-7-8-11)16(14,15)12-9-5-3-4-6-10-12/h11H,2-10H2,1H3.